The van der Waals surface area contributed by atoms with Gasteiger partial charge in [0.1, 0.15) is 0 Å². The largest absolute Gasteiger partial charge is 0.393 e. The Hall–Kier alpha value is -1.68. The van der Waals surface area contributed by atoms with Crippen molar-refractivity contribution < 1.29 is 14.7 Å². The molecule has 22 heavy (non-hydrogen) atoms. The summed E-state index contributed by atoms with van der Waals surface area (Å²) in [7, 11) is 0. The molecule has 1 saturated carbocycles. The van der Waals surface area contributed by atoms with Gasteiger partial charge >= 0.3 is 0 Å². The predicted octanol–water partition coefficient (Wildman–Crippen LogP) is 2.86. The number of carbonyl (C=O) groups is 2. The van der Waals surface area contributed by atoms with Gasteiger partial charge in [-0.15, -0.1) is 0 Å². The van der Waals surface area contributed by atoms with Crippen LogP contribution in [0.4, 0.5) is 0 Å². The predicted molar refractivity (Wildman–Crippen MR) is 83.5 cm³/mol. The van der Waals surface area contributed by atoms with Crippen molar-refractivity contribution in [3.8, 4) is 0 Å². The third kappa shape index (κ3) is 2.35. The van der Waals surface area contributed by atoms with E-state index in [1.54, 1.807) is 24.3 Å². The molecule has 3 rings (SSSR count). The number of carbonyl (C=O) groups excluding carboxylic acids is 2. The van der Waals surface area contributed by atoms with E-state index < -0.39 is 6.10 Å². The molecule has 4 heteroatoms. The van der Waals surface area contributed by atoms with Crippen molar-refractivity contribution in [3.05, 3.63) is 35.4 Å². The number of benzene rings is 1. The van der Waals surface area contributed by atoms with Crippen LogP contribution in [0.25, 0.3) is 0 Å². The Morgan fingerprint density at radius 1 is 1.00 bits per heavy atom. The Balaban J connectivity index is 1.88. The fourth-order valence-corrected chi connectivity index (χ4v) is 4.16. The Labute approximate surface area is 131 Å². The first-order valence-corrected chi connectivity index (χ1v) is 8.17. The summed E-state index contributed by atoms with van der Waals surface area (Å²) in [6.07, 6.45) is 3.74. The van der Waals surface area contributed by atoms with Crippen LogP contribution in [-0.2, 0) is 0 Å². The highest BCUT2D eigenvalue weighted by Gasteiger charge is 2.43. The lowest BCUT2D eigenvalue weighted by atomic mass is 9.73. The number of aliphatic hydroxyl groups is 1. The minimum Gasteiger partial charge on any atom is -0.393 e. The maximum atomic E-state index is 12.6. The quantitative estimate of drug-likeness (QED) is 0.873. The van der Waals surface area contributed by atoms with E-state index in [2.05, 4.69) is 0 Å². The second kappa shape index (κ2) is 5.84. The van der Waals surface area contributed by atoms with Crippen molar-refractivity contribution in [2.24, 2.45) is 11.8 Å². The Bertz CT molecular complexity index is 561. The fourth-order valence-electron chi connectivity index (χ4n) is 4.16. The molecule has 1 aliphatic heterocycles. The summed E-state index contributed by atoms with van der Waals surface area (Å²) < 4.78 is 0. The summed E-state index contributed by atoms with van der Waals surface area (Å²) in [5.41, 5.74) is 1.01. The number of imide groups is 1. The first kappa shape index (κ1) is 15.2. The average molecular weight is 301 g/mol. The van der Waals surface area contributed by atoms with Crippen molar-refractivity contribution in [1.29, 1.82) is 0 Å². The van der Waals surface area contributed by atoms with Gasteiger partial charge in [-0.05, 0) is 50.7 Å². The van der Waals surface area contributed by atoms with Gasteiger partial charge in [0.05, 0.1) is 17.2 Å². The van der Waals surface area contributed by atoms with Gasteiger partial charge < -0.3 is 5.11 Å². The molecule has 2 amide bonds. The maximum Gasteiger partial charge on any atom is 0.261 e. The molecule has 1 heterocycles. The molecule has 0 bridgehead atoms. The van der Waals surface area contributed by atoms with Crippen molar-refractivity contribution >= 4 is 11.8 Å². The molecule has 0 aromatic heterocycles. The molecule has 1 fully saturated rings. The number of nitrogens with zero attached hydrogens (tertiary/aromatic N) is 1. The maximum absolute atomic E-state index is 12.6. The number of fused-ring (bicyclic) bond motifs is 1. The molecule has 1 aromatic rings. The third-order valence-corrected chi connectivity index (χ3v) is 5.35. The molecule has 4 unspecified atom stereocenters. The molecule has 2 aliphatic rings. The van der Waals surface area contributed by atoms with Gasteiger partial charge in [-0.1, -0.05) is 25.0 Å². The topological polar surface area (TPSA) is 57.6 Å². The van der Waals surface area contributed by atoms with E-state index in [4.69, 9.17) is 0 Å². The summed E-state index contributed by atoms with van der Waals surface area (Å²) in [5, 5.41) is 10.1. The van der Waals surface area contributed by atoms with Crippen LogP contribution in [0.2, 0.25) is 0 Å². The van der Waals surface area contributed by atoms with Gasteiger partial charge in [-0.3, -0.25) is 14.5 Å². The highest BCUT2D eigenvalue weighted by molar-refractivity contribution is 6.21. The lowest BCUT2D eigenvalue weighted by Gasteiger charge is -2.40. The normalized spacial score (nSPS) is 27.7. The average Bonchev–Trinajstić information content (AvgIpc) is 2.79. The van der Waals surface area contributed by atoms with Crippen LogP contribution in [0, 0.1) is 11.8 Å². The monoisotopic (exact) mass is 301 g/mol. The lowest BCUT2D eigenvalue weighted by molar-refractivity contribution is 0.0178. The Morgan fingerprint density at radius 2 is 1.50 bits per heavy atom. The zero-order chi connectivity index (χ0) is 15.9. The van der Waals surface area contributed by atoms with Crippen LogP contribution in [-0.4, -0.2) is 34.0 Å². The van der Waals surface area contributed by atoms with E-state index in [0.717, 1.165) is 25.7 Å². The van der Waals surface area contributed by atoms with Crippen LogP contribution >= 0.6 is 0 Å². The first-order chi connectivity index (χ1) is 10.5. The zero-order valence-electron chi connectivity index (χ0n) is 13.2. The first-order valence-electron chi connectivity index (χ1n) is 8.17. The molecule has 4 nitrogen and oxygen atoms in total. The van der Waals surface area contributed by atoms with E-state index in [1.165, 1.54) is 4.90 Å². The van der Waals surface area contributed by atoms with E-state index in [1.807, 2.05) is 13.8 Å². The second-order valence-corrected chi connectivity index (χ2v) is 6.62. The molecule has 118 valence electrons. The standard InChI is InChI=1S/C18H23NO3/c1-11(13-7-3-4-8-14(13)12(2)20)19-17(21)15-9-5-6-10-16(15)18(19)22/h5-6,9-14,20H,3-4,7-8H2,1-2H3. The second-order valence-electron chi connectivity index (χ2n) is 6.62. The van der Waals surface area contributed by atoms with Crippen molar-refractivity contribution in [2.75, 3.05) is 0 Å². The molecule has 0 saturated heterocycles. The van der Waals surface area contributed by atoms with Crippen LogP contribution in [0.5, 0.6) is 0 Å². The minimum atomic E-state index is -0.400. The third-order valence-electron chi connectivity index (χ3n) is 5.35. The number of rotatable bonds is 3. The molecule has 0 spiro atoms. The molecule has 1 N–H and O–H groups in total. The van der Waals surface area contributed by atoms with Crippen molar-refractivity contribution in [1.82, 2.24) is 4.90 Å². The van der Waals surface area contributed by atoms with Crippen LogP contribution in [0.1, 0.15) is 60.2 Å². The summed E-state index contributed by atoms with van der Waals surface area (Å²) in [6, 6.07) is 6.84. The Kier molecular flexibility index (Phi) is 4.04. The van der Waals surface area contributed by atoms with Gasteiger partial charge in [-0.2, -0.15) is 0 Å². The van der Waals surface area contributed by atoms with E-state index >= 15 is 0 Å². The van der Waals surface area contributed by atoms with Crippen LogP contribution in [0.15, 0.2) is 24.3 Å². The highest BCUT2D eigenvalue weighted by atomic mass is 16.3. The number of hydrogen-bond acceptors (Lipinski definition) is 3. The summed E-state index contributed by atoms with van der Waals surface area (Å²) in [6.45, 7) is 3.77. The minimum absolute atomic E-state index is 0.160. The molecule has 4 atom stereocenters. The van der Waals surface area contributed by atoms with Gasteiger partial charge in [0.25, 0.3) is 11.8 Å². The number of aliphatic hydroxyl groups excluding tert-OH is 1. The number of amides is 2. The summed E-state index contributed by atoms with van der Waals surface area (Å²) in [5.74, 6) is -0.0462. The number of hydrogen-bond donors (Lipinski definition) is 1. The lowest BCUT2D eigenvalue weighted by Crippen LogP contribution is -2.47. The summed E-state index contributed by atoms with van der Waals surface area (Å²) >= 11 is 0. The van der Waals surface area contributed by atoms with E-state index in [0.29, 0.717) is 11.1 Å². The van der Waals surface area contributed by atoms with Crippen molar-refractivity contribution in [3.63, 3.8) is 0 Å². The van der Waals surface area contributed by atoms with Gasteiger partial charge in [0.15, 0.2) is 0 Å². The molecule has 1 aliphatic carbocycles. The fraction of sp³-hybridized carbons (Fsp3) is 0.556. The molecule has 1 aromatic carbocycles. The van der Waals surface area contributed by atoms with Gasteiger partial charge in [-0.25, -0.2) is 0 Å². The SMILES string of the molecule is CC(O)C1CCCCC1C(C)N1C(=O)c2ccccc2C1=O. The summed E-state index contributed by atoms with van der Waals surface area (Å²) in [4.78, 5) is 26.6. The van der Waals surface area contributed by atoms with E-state index in [9.17, 15) is 14.7 Å². The zero-order valence-corrected chi connectivity index (χ0v) is 13.2. The van der Waals surface area contributed by atoms with Crippen molar-refractivity contribution in [2.45, 2.75) is 51.7 Å². The van der Waals surface area contributed by atoms with Gasteiger partial charge in [0.2, 0.25) is 0 Å². The van der Waals surface area contributed by atoms with Gasteiger partial charge in [0, 0.05) is 6.04 Å². The molecular weight excluding hydrogens is 278 g/mol. The molecule has 0 radical (unpaired) electrons. The molecular formula is C18H23NO3. The van der Waals surface area contributed by atoms with E-state index in [-0.39, 0.29) is 29.7 Å². The van der Waals surface area contributed by atoms with Crippen LogP contribution in [0.3, 0.4) is 0 Å². The van der Waals surface area contributed by atoms with Crippen LogP contribution < -0.4 is 0 Å². The Morgan fingerprint density at radius 3 is 2.00 bits per heavy atom. The highest BCUT2D eigenvalue weighted by Crippen LogP contribution is 2.38. The smallest absolute Gasteiger partial charge is 0.261 e.